The summed E-state index contributed by atoms with van der Waals surface area (Å²) in [5.41, 5.74) is 16.6. The second-order valence-corrected chi connectivity index (χ2v) is 17.1. The molecule has 0 bridgehead atoms. The lowest BCUT2D eigenvalue weighted by Crippen LogP contribution is -2.81. The fraction of sp³-hybridized carbons (Fsp3) is 0.853. The lowest BCUT2D eigenvalue weighted by atomic mass is 9.66. The SMILES string of the molecule is CN[C@@H]1[C@@H](O)[C@@H](O[C@@H]2[C@@H](O)[C@H](O[C@H]3OC(CN)=CC(C(=O)OC(C)(C)C)[C@H]3N)[C@](N)(C(=O)OC(C)(C)C)C[C@]2(N)C(=O)OC(C)(C)C)OC[C@]1(C)O. The molecule has 12 atom stereocenters. The van der Waals surface area contributed by atoms with E-state index in [0.717, 1.165) is 0 Å². The minimum absolute atomic E-state index is 0.0892. The summed E-state index contributed by atoms with van der Waals surface area (Å²) in [6, 6.07) is -2.29. The van der Waals surface area contributed by atoms with Gasteiger partial charge in [-0.05, 0) is 82.4 Å². The molecule has 12 N–H and O–H groups in total. The molecular weight excluding hydrogens is 686 g/mol. The Morgan fingerprint density at radius 2 is 1.33 bits per heavy atom. The number of aliphatic hydroxyl groups excluding tert-OH is 2. The van der Waals surface area contributed by atoms with E-state index in [0.29, 0.717) is 0 Å². The number of nitrogens with two attached hydrogens (primary N) is 4. The van der Waals surface area contributed by atoms with Crippen LogP contribution in [0.1, 0.15) is 75.7 Å². The molecule has 1 aliphatic carbocycles. The summed E-state index contributed by atoms with van der Waals surface area (Å²) in [6.07, 6.45) is -9.98. The molecule has 1 unspecified atom stereocenters. The van der Waals surface area contributed by atoms with Crippen molar-refractivity contribution in [2.75, 3.05) is 20.2 Å². The Morgan fingerprint density at radius 3 is 1.75 bits per heavy atom. The summed E-state index contributed by atoms with van der Waals surface area (Å²) >= 11 is 0. The Hall–Kier alpha value is -2.49. The van der Waals surface area contributed by atoms with Crippen LogP contribution in [0.4, 0.5) is 0 Å². The number of carbonyl (C=O) groups excluding carboxylic acids is 3. The van der Waals surface area contributed by atoms with Gasteiger partial charge < -0.3 is 76.7 Å². The van der Waals surface area contributed by atoms with E-state index < -0.39 is 113 Å². The quantitative estimate of drug-likeness (QED) is 0.0948. The van der Waals surface area contributed by atoms with Gasteiger partial charge in [0.1, 0.15) is 63.7 Å². The summed E-state index contributed by atoms with van der Waals surface area (Å²) in [5, 5.41) is 37.1. The zero-order chi connectivity index (χ0) is 40.0. The van der Waals surface area contributed by atoms with Crippen molar-refractivity contribution in [1.82, 2.24) is 5.32 Å². The molecule has 0 aromatic carbocycles. The molecule has 18 heteroatoms. The first-order valence-corrected chi connectivity index (χ1v) is 17.3. The molecule has 18 nitrogen and oxygen atoms in total. The van der Waals surface area contributed by atoms with Gasteiger partial charge >= 0.3 is 17.9 Å². The van der Waals surface area contributed by atoms with Crippen LogP contribution in [0.5, 0.6) is 0 Å². The molecule has 52 heavy (non-hydrogen) atoms. The van der Waals surface area contributed by atoms with Crippen molar-refractivity contribution in [2.24, 2.45) is 28.9 Å². The minimum atomic E-state index is -2.43. The minimum Gasteiger partial charge on any atom is -0.466 e. The monoisotopic (exact) mass is 747 g/mol. The first kappa shape index (κ1) is 43.9. The standard InChI is InChI=1S/C34H61N5O13/c1-29(2,3)50-24(42)17-12-16(13-35)47-25(18(17)36)48-22-20(41)23(49-26-19(40)21(39-11)32(10,45)15-46-26)34(38,28(44)52-31(7,8)9)14-33(22,37)27(43)51-30(4,5)6/h12,17-23,25-26,39-41,45H,13-15,35-38H2,1-11H3/t17?,18-,19-,20+,21-,22+,23-,25-,26-,32+,33+,34-/m1/s1. The number of esters is 3. The van der Waals surface area contributed by atoms with Crippen LogP contribution >= 0.6 is 0 Å². The molecule has 1 saturated heterocycles. The first-order valence-electron chi connectivity index (χ1n) is 17.3. The second kappa shape index (κ2) is 15.3. The summed E-state index contributed by atoms with van der Waals surface area (Å²) in [6.45, 7) is 15.4. The van der Waals surface area contributed by atoms with Crippen LogP contribution in [-0.4, -0.2) is 136 Å². The highest BCUT2D eigenvalue weighted by molar-refractivity contribution is 5.88. The zero-order valence-corrected chi connectivity index (χ0v) is 32.1. The summed E-state index contributed by atoms with van der Waals surface area (Å²) < 4.78 is 40.9. The van der Waals surface area contributed by atoms with Gasteiger partial charge in [0.15, 0.2) is 6.29 Å². The number of carbonyl (C=O) groups is 3. The van der Waals surface area contributed by atoms with E-state index in [4.69, 9.17) is 56.1 Å². The van der Waals surface area contributed by atoms with Crippen LogP contribution < -0.4 is 28.3 Å². The largest absolute Gasteiger partial charge is 0.466 e. The normalized spacial score (nSPS) is 38.8. The van der Waals surface area contributed by atoms with Crippen molar-refractivity contribution in [1.29, 1.82) is 0 Å². The molecule has 3 rings (SSSR count). The lowest BCUT2D eigenvalue weighted by Gasteiger charge is -2.54. The number of ether oxygens (including phenoxy) is 7. The Kier molecular flexibility index (Phi) is 12.9. The average molecular weight is 748 g/mol. The molecule has 2 aliphatic heterocycles. The van der Waals surface area contributed by atoms with Gasteiger partial charge in [-0.1, -0.05) is 0 Å². The van der Waals surface area contributed by atoms with E-state index in [1.54, 1.807) is 62.3 Å². The van der Waals surface area contributed by atoms with Crippen molar-refractivity contribution >= 4 is 17.9 Å². The second-order valence-electron chi connectivity index (χ2n) is 17.1. The van der Waals surface area contributed by atoms with Gasteiger partial charge in [-0.2, -0.15) is 0 Å². The van der Waals surface area contributed by atoms with Gasteiger partial charge in [-0.3, -0.25) is 4.79 Å². The van der Waals surface area contributed by atoms with Crippen LogP contribution in [0, 0.1) is 5.92 Å². The number of nitrogens with one attached hydrogen (secondary N) is 1. The van der Waals surface area contributed by atoms with E-state index >= 15 is 0 Å². The lowest BCUT2D eigenvalue weighted by molar-refractivity contribution is -0.314. The maximum Gasteiger partial charge on any atom is 0.329 e. The number of hydrogen-bond donors (Lipinski definition) is 8. The highest BCUT2D eigenvalue weighted by Crippen LogP contribution is 2.42. The van der Waals surface area contributed by atoms with Crippen LogP contribution in [-0.2, 0) is 47.5 Å². The molecule has 2 fully saturated rings. The molecular formula is C34H61N5O13. The Balaban J connectivity index is 2.17. The van der Waals surface area contributed by atoms with Crippen molar-refractivity contribution < 1.29 is 62.9 Å². The molecule has 0 aromatic rings. The zero-order valence-electron chi connectivity index (χ0n) is 32.1. The molecule has 2 heterocycles. The smallest absolute Gasteiger partial charge is 0.329 e. The maximum atomic E-state index is 14.1. The number of hydrogen-bond acceptors (Lipinski definition) is 18. The predicted molar refractivity (Wildman–Crippen MR) is 184 cm³/mol. The van der Waals surface area contributed by atoms with E-state index in [2.05, 4.69) is 5.32 Å². The average Bonchev–Trinajstić information content (AvgIpc) is 2.96. The third-order valence-corrected chi connectivity index (χ3v) is 8.72. The van der Waals surface area contributed by atoms with Gasteiger partial charge in [0.05, 0.1) is 31.2 Å². The highest BCUT2D eigenvalue weighted by Gasteiger charge is 2.67. The van der Waals surface area contributed by atoms with Gasteiger partial charge in [0.25, 0.3) is 0 Å². The molecule has 300 valence electrons. The van der Waals surface area contributed by atoms with Gasteiger partial charge in [-0.15, -0.1) is 0 Å². The third-order valence-electron chi connectivity index (χ3n) is 8.72. The molecule has 0 aromatic heterocycles. The maximum absolute atomic E-state index is 14.1. The van der Waals surface area contributed by atoms with E-state index in [1.807, 2.05) is 0 Å². The third kappa shape index (κ3) is 9.78. The number of rotatable bonds is 9. The van der Waals surface area contributed by atoms with Gasteiger partial charge in [-0.25, -0.2) is 9.59 Å². The van der Waals surface area contributed by atoms with Crippen LogP contribution in [0.25, 0.3) is 0 Å². The van der Waals surface area contributed by atoms with Crippen molar-refractivity contribution in [3.8, 4) is 0 Å². The molecule has 1 saturated carbocycles. The van der Waals surface area contributed by atoms with E-state index in [9.17, 15) is 29.7 Å². The fourth-order valence-electron chi connectivity index (χ4n) is 6.41. The summed E-state index contributed by atoms with van der Waals surface area (Å²) in [7, 11) is 1.50. The van der Waals surface area contributed by atoms with Crippen molar-refractivity contribution in [3.63, 3.8) is 0 Å². The number of likely N-dealkylation sites (N-methyl/N-ethyl adjacent to an activating group) is 1. The van der Waals surface area contributed by atoms with Crippen molar-refractivity contribution in [3.05, 3.63) is 11.8 Å². The van der Waals surface area contributed by atoms with Gasteiger partial charge in [0, 0.05) is 6.42 Å². The van der Waals surface area contributed by atoms with Crippen LogP contribution in [0.15, 0.2) is 11.8 Å². The number of aliphatic hydroxyl groups is 3. The predicted octanol–water partition coefficient (Wildman–Crippen LogP) is -1.86. The summed E-state index contributed by atoms with van der Waals surface area (Å²) in [5.74, 6) is -4.02. The molecule has 0 radical (unpaired) electrons. The molecule has 3 aliphatic rings. The van der Waals surface area contributed by atoms with Crippen LogP contribution in [0.2, 0.25) is 0 Å². The fourth-order valence-corrected chi connectivity index (χ4v) is 6.41. The highest BCUT2D eigenvalue weighted by atomic mass is 16.7. The Morgan fingerprint density at radius 1 is 0.865 bits per heavy atom. The molecule has 0 amide bonds. The van der Waals surface area contributed by atoms with Crippen LogP contribution in [0.3, 0.4) is 0 Å². The van der Waals surface area contributed by atoms with E-state index in [-0.39, 0.29) is 18.9 Å². The Labute approximate surface area is 305 Å². The van der Waals surface area contributed by atoms with Crippen molar-refractivity contribution in [2.45, 2.75) is 158 Å². The topological polar surface area (TPSA) is 293 Å². The summed E-state index contributed by atoms with van der Waals surface area (Å²) in [4.78, 5) is 41.4. The Bertz CT molecular complexity index is 1340. The first-order chi connectivity index (χ1) is 23.5. The van der Waals surface area contributed by atoms with E-state index in [1.165, 1.54) is 20.0 Å². The van der Waals surface area contributed by atoms with Gasteiger partial charge in [0.2, 0.25) is 6.29 Å². The molecule has 0 spiro atoms.